The SMILES string of the molecule is COc1ccc(NC(=O)C[C@@H]2CCCCN2S(=O)(=O)c2ccc(C)cc2)cc1OC. The molecule has 7 nitrogen and oxygen atoms in total. The van der Waals surface area contributed by atoms with Gasteiger partial charge in [-0.2, -0.15) is 4.31 Å². The Kier molecular flexibility index (Phi) is 6.99. The lowest BCUT2D eigenvalue weighted by Gasteiger charge is -2.34. The number of piperidine rings is 1. The Morgan fingerprint density at radius 3 is 2.43 bits per heavy atom. The Labute approximate surface area is 178 Å². The number of anilines is 1. The zero-order valence-corrected chi connectivity index (χ0v) is 18.4. The Morgan fingerprint density at radius 2 is 1.77 bits per heavy atom. The minimum absolute atomic E-state index is 0.0967. The topological polar surface area (TPSA) is 84.9 Å². The number of hydrogen-bond donors (Lipinski definition) is 1. The fraction of sp³-hybridized carbons (Fsp3) is 0.409. The van der Waals surface area contributed by atoms with E-state index in [1.165, 1.54) is 11.4 Å². The third-order valence-electron chi connectivity index (χ3n) is 5.29. The van der Waals surface area contributed by atoms with Crippen molar-refractivity contribution in [1.29, 1.82) is 0 Å². The highest BCUT2D eigenvalue weighted by Gasteiger charge is 2.34. The van der Waals surface area contributed by atoms with Crippen LogP contribution in [0.1, 0.15) is 31.2 Å². The zero-order chi connectivity index (χ0) is 21.7. The maximum atomic E-state index is 13.2. The van der Waals surface area contributed by atoms with Crippen LogP contribution in [0.15, 0.2) is 47.4 Å². The van der Waals surface area contributed by atoms with Gasteiger partial charge < -0.3 is 14.8 Å². The number of methoxy groups -OCH3 is 2. The second-order valence-corrected chi connectivity index (χ2v) is 9.29. The first-order valence-electron chi connectivity index (χ1n) is 9.95. The number of nitrogens with zero attached hydrogens (tertiary/aromatic N) is 1. The first-order valence-corrected chi connectivity index (χ1v) is 11.4. The van der Waals surface area contributed by atoms with Crippen molar-refractivity contribution >= 4 is 21.6 Å². The molecule has 1 heterocycles. The molecule has 1 aliphatic rings. The number of amides is 1. The van der Waals surface area contributed by atoms with E-state index in [9.17, 15) is 13.2 Å². The van der Waals surface area contributed by atoms with Crippen molar-refractivity contribution in [3.63, 3.8) is 0 Å². The van der Waals surface area contributed by atoms with Gasteiger partial charge in [-0.05, 0) is 44.0 Å². The summed E-state index contributed by atoms with van der Waals surface area (Å²) in [6.45, 7) is 2.34. The van der Waals surface area contributed by atoms with Crippen molar-refractivity contribution in [1.82, 2.24) is 4.31 Å². The fourth-order valence-corrected chi connectivity index (χ4v) is 5.37. The summed E-state index contributed by atoms with van der Waals surface area (Å²) < 4.78 is 38.3. The summed E-state index contributed by atoms with van der Waals surface area (Å²) in [5.74, 6) is 0.841. The molecule has 1 saturated heterocycles. The summed E-state index contributed by atoms with van der Waals surface area (Å²) in [5.41, 5.74) is 1.57. The van der Waals surface area contributed by atoms with Crippen molar-refractivity contribution in [2.24, 2.45) is 0 Å². The van der Waals surface area contributed by atoms with Crippen molar-refractivity contribution in [2.75, 3.05) is 26.1 Å². The number of nitrogens with one attached hydrogen (secondary N) is 1. The monoisotopic (exact) mass is 432 g/mol. The number of hydrogen-bond acceptors (Lipinski definition) is 5. The van der Waals surface area contributed by atoms with E-state index in [4.69, 9.17) is 9.47 Å². The molecular formula is C22H28N2O5S. The number of carbonyl (C=O) groups is 1. The molecule has 0 aliphatic carbocycles. The third kappa shape index (κ3) is 4.94. The van der Waals surface area contributed by atoms with Crippen molar-refractivity contribution in [2.45, 2.75) is 43.5 Å². The third-order valence-corrected chi connectivity index (χ3v) is 7.26. The average Bonchev–Trinajstić information content (AvgIpc) is 2.74. The van der Waals surface area contributed by atoms with E-state index >= 15 is 0 Å². The standard InChI is InChI=1S/C22H28N2O5S/c1-16-7-10-19(11-8-16)30(26,27)24-13-5-4-6-18(24)15-22(25)23-17-9-12-20(28-2)21(14-17)29-3/h7-12,14,18H,4-6,13,15H2,1-3H3,(H,23,25)/t18-/m0/s1. The van der Waals surface area contributed by atoms with Gasteiger partial charge in [0, 0.05) is 30.8 Å². The molecule has 1 atom stereocenters. The molecule has 1 fully saturated rings. The van der Waals surface area contributed by atoms with Crippen LogP contribution in [0.4, 0.5) is 5.69 Å². The summed E-state index contributed by atoms with van der Waals surface area (Å²) in [6, 6.07) is 11.6. The largest absolute Gasteiger partial charge is 0.493 e. The van der Waals surface area contributed by atoms with Crippen LogP contribution < -0.4 is 14.8 Å². The predicted molar refractivity (Wildman–Crippen MR) is 116 cm³/mol. The summed E-state index contributed by atoms with van der Waals surface area (Å²) in [7, 11) is -0.578. The van der Waals surface area contributed by atoms with Gasteiger partial charge in [-0.3, -0.25) is 4.79 Å². The molecule has 30 heavy (non-hydrogen) atoms. The van der Waals surface area contributed by atoms with E-state index in [1.807, 2.05) is 6.92 Å². The van der Waals surface area contributed by atoms with Crippen molar-refractivity contribution < 1.29 is 22.7 Å². The van der Waals surface area contributed by atoms with E-state index in [1.54, 1.807) is 49.6 Å². The van der Waals surface area contributed by atoms with Gasteiger partial charge >= 0.3 is 0 Å². The predicted octanol–water partition coefficient (Wildman–Crippen LogP) is 3.58. The molecule has 1 N–H and O–H groups in total. The highest BCUT2D eigenvalue weighted by Crippen LogP contribution is 2.31. The van der Waals surface area contributed by atoms with Gasteiger partial charge in [-0.25, -0.2) is 8.42 Å². The fourth-order valence-electron chi connectivity index (χ4n) is 3.68. The van der Waals surface area contributed by atoms with Gasteiger partial charge in [0.05, 0.1) is 19.1 Å². The Hall–Kier alpha value is -2.58. The second kappa shape index (κ2) is 9.49. The summed E-state index contributed by atoms with van der Waals surface area (Å²) in [4.78, 5) is 12.9. The van der Waals surface area contributed by atoms with Gasteiger partial charge in [0.15, 0.2) is 11.5 Å². The van der Waals surface area contributed by atoms with Crippen LogP contribution in [0.25, 0.3) is 0 Å². The second-order valence-electron chi connectivity index (χ2n) is 7.40. The van der Waals surface area contributed by atoms with Crippen LogP contribution in [-0.2, 0) is 14.8 Å². The lowest BCUT2D eigenvalue weighted by molar-refractivity contribution is -0.117. The molecular weight excluding hydrogens is 404 g/mol. The molecule has 2 aromatic rings. The number of benzene rings is 2. The van der Waals surface area contributed by atoms with Gasteiger partial charge in [0.2, 0.25) is 15.9 Å². The molecule has 8 heteroatoms. The molecule has 1 aliphatic heterocycles. The molecule has 0 spiro atoms. The Morgan fingerprint density at radius 1 is 1.07 bits per heavy atom. The van der Waals surface area contributed by atoms with Crippen LogP contribution in [0.3, 0.4) is 0 Å². The molecule has 0 radical (unpaired) electrons. The maximum Gasteiger partial charge on any atom is 0.243 e. The first kappa shape index (κ1) is 22.1. The van der Waals surface area contributed by atoms with Crippen molar-refractivity contribution in [3.05, 3.63) is 48.0 Å². The molecule has 2 aromatic carbocycles. The number of rotatable bonds is 7. The first-order chi connectivity index (χ1) is 14.3. The van der Waals surface area contributed by atoms with Gasteiger partial charge in [-0.15, -0.1) is 0 Å². The average molecular weight is 433 g/mol. The molecule has 0 unspecified atom stereocenters. The highest BCUT2D eigenvalue weighted by atomic mass is 32.2. The van der Waals surface area contributed by atoms with Crippen molar-refractivity contribution in [3.8, 4) is 11.5 Å². The van der Waals surface area contributed by atoms with Crippen LogP contribution in [0.2, 0.25) is 0 Å². The molecule has 0 aromatic heterocycles. The van der Waals surface area contributed by atoms with Gasteiger partial charge in [-0.1, -0.05) is 24.1 Å². The lowest BCUT2D eigenvalue weighted by atomic mass is 10.0. The summed E-state index contributed by atoms with van der Waals surface area (Å²) >= 11 is 0. The molecule has 3 rings (SSSR count). The summed E-state index contributed by atoms with van der Waals surface area (Å²) in [5, 5.41) is 2.84. The smallest absolute Gasteiger partial charge is 0.243 e. The summed E-state index contributed by atoms with van der Waals surface area (Å²) in [6.07, 6.45) is 2.44. The minimum Gasteiger partial charge on any atom is -0.493 e. The van der Waals surface area contributed by atoms with Crippen LogP contribution in [0, 0.1) is 6.92 Å². The number of aryl methyl sites for hydroxylation is 1. The maximum absolute atomic E-state index is 13.2. The van der Waals surface area contributed by atoms with Gasteiger partial charge in [0.1, 0.15) is 0 Å². The minimum atomic E-state index is -3.65. The normalized spacial score (nSPS) is 17.4. The molecule has 0 bridgehead atoms. The van der Waals surface area contributed by atoms with Crippen LogP contribution in [-0.4, -0.2) is 45.4 Å². The van der Waals surface area contributed by atoms with Crippen LogP contribution >= 0.6 is 0 Å². The van der Waals surface area contributed by atoms with E-state index in [0.717, 1.165) is 18.4 Å². The highest BCUT2D eigenvalue weighted by molar-refractivity contribution is 7.89. The zero-order valence-electron chi connectivity index (χ0n) is 17.6. The number of ether oxygens (including phenoxy) is 2. The number of sulfonamides is 1. The van der Waals surface area contributed by atoms with E-state index < -0.39 is 10.0 Å². The van der Waals surface area contributed by atoms with E-state index in [-0.39, 0.29) is 23.3 Å². The van der Waals surface area contributed by atoms with Gasteiger partial charge in [0.25, 0.3) is 0 Å². The van der Waals surface area contributed by atoms with E-state index in [2.05, 4.69) is 5.32 Å². The van der Waals surface area contributed by atoms with Crippen LogP contribution in [0.5, 0.6) is 11.5 Å². The Bertz CT molecular complexity index is 989. The molecule has 0 saturated carbocycles. The number of carbonyl (C=O) groups excluding carboxylic acids is 1. The lowest BCUT2D eigenvalue weighted by Crippen LogP contribution is -2.45. The molecule has 1 amide bonds. The molecule has 162 valence electrons. The quantitative estimate of drug-likeness (QED) is 0.723. The van der Waals surface area contributed by atoms with E-state index in [0.29, 0.717) is 30.2 Å². The Balaban J connectivity index is 1.74.